The van der Waals surface area contributed by atoms with Crippen molar-refractivity contribution in [3.8, 4) is 0 Å². The summed E-state index contributed by atoms with van der Waals surface area (Å²) in [5.74, 6) is 0. The molecule has 0 aromatic heterocycles. The normalized spacial score (nSPS) is 15.4. The Morgan fingerprint density at radius 2 is 1.63 bits per heavy atom. The molecule has 0 bridgehead atoms. The zero-order valence-corrected chi connectivity index (χ0v) is 18.4. The Hall–Kier alpha value is -2.30. The van der Waals surface area contributed by atoms with Crippen LogP contribution in [0.2, 0.25) is 0 Å². The maximum atomic E-state index is 5.82. The molecule has 1 saturated heterocycles. The molecule has 0 aliphatic carbocycles. The SMILES string of the molecule is Sc1ccc(/C(=N/OCCCCN2CCCCC2)c2cccc3ccccc23)cc1. The summed E-state index contributed by atoms with van der Waals surface area (Å²) in [7, 11) is 0. The fourth-order valence-electron chi connectivity index (χ4n) is 4.10. The Bertz CT molecular complexity index is 972. The highest BCUT2D eigenvalue weighted by Gasteiger charge is 2.12. The van der Waals surface area contributed by atoms with Gasteiger partial charge in [-0.15, -0.1) is 12.6 Å². The van der Waals surface area contributed by atoms with Crippen molar-refractivity contribution in [2.45, 2.75) is 37.0 Å². The number of hydrogen-bond donors (Lipinski definition) is 1. The van der Waals surface area contributed by atoms with Gasteiger partial charge in [0.25, 0.3) is 0 Å². The smallest absolute Gasteiger partial charge is 0.117 e. The fourth-order valence-corrected chi connectivity index (χ4v) is 4.25. The maximum absolute atomic E-state index is 5.82. The minimum absolute atomic E-state index is 0.646. The van der Waals surface area contributed by atoms with E-state index in [1.807, 2.05) is 12.1 Å². The predicted octanol–water partition coefficient (Wildman–Crippen LogP) is 6.16. The zero-order chi connectivity index (χ0) is 20.6. The third-order valence-corrected chi connectivity index (χ3v) is 6.05. The van der Waals surface area contributed by atoms with Gasteiger partial charge in [0.1, 0.15) is 12.3 Å². The fraction of sp³-hybridized carbons (Fsp3) is 0.346. The first-order valence-corrected chi connectivity index (χ1v) is 11.5. The molecule has 3 nitrogen and oxygen atoms in total. The number of oxime groups is 1. The van der Waals surface area contributed by atoms with Gasteiger partial charge in [-0.2, -0.15) is 0 Å². The summed E-state index contributed by atoms with van der Waals surface area (Å²) < 4.78 is 0. The summed E-state index contributed by atoms with van der Waals surface area (Å²) in [6.45, 7) is 4.33. The number of likely N-dealkylation sites (tertiary alicyclic amines) is 1. The van der Waals surface area contributed by atoms with Crippen LogP contribution in [0.4, 0.5) is 0 Å². The average Bonchev–Trinajstić information content (AvgIpc) is 2.80. The van der Waals surface area contributed by atoms with Gasteiger partial charge in [-0.25, -0.2) is 0 Å². The number of thiol groups is 1. The summed E-state index contributed by atoms with van der Waals surface area (Å²) in [6, 6.07) is 22.9. The molecule has 1 heterocycles. The van der Waals surface area contributed by atoms with E-state index in [9.17, 15) is 0 Å². The van der Waals surface area contributed by atoms with Crippen molar-refractivity contribution in [1.29, 1.82) is 0 Å². The van der Waals surface area contributed by atoms with E-state index >= 15 is 0 Å². The second kappa shape index (κ2) is 10.6. The molecule has 0 radical (unpaired) electrons. The molecule has 3 aromatic carbocycles. The van der Waals surface area contributed by atoms with Crippen molar-refractivity contribution in [1.82, 2.24) is 4.90 Å². The minimum atomic E-state index is 0.646. The molecule has 0 unspecified atom stereocenters. The van der Waals surface area contributed by atoms with Gasteiger partial charge in [-0.05, 0) is 68.2 Å². The van der Waals surface area contributed by atoms with Crippen LogP contribution in [0.3, 0.4) is 0 Å². The molecule has 0 N–H and O–H groups in total. The van der Waals surface area contributed by atoms with Gasteiger partial charge < -0.3 is 9.74 Å². The first kappa shape index (κ1) is 21.0. The largest absolute Gasteiger partial charge is 0.395 e. The van der Waals surface area contributed by atoms with Crippen molar-refractivity contribution in [3.05, 3.63) is 77.9 Å². The quantitative estimate of drug-likeness (QED) is 0.205. The topological polar surface area (TPSA) is 24.8 Å². The Kier molecular flexibility index (Phi) is 7.44. The van der Waals surface area contributed by atoms with E-state index in [4.69, 9.17) is 4.84 Å². The average molecular weight is 419 g/mol. The number of rotatable bonds is 8. The van der Waals surface area contributed by atoms with E-state index in [0.717, 1.165) is 34.6 Å². The lowest BCUT2D eigenvalue weighted by atomic mass is 9.97. The lowest BCUT2D eigenvalue weighted by molar-refractivity contribution is 0.134. The molecule has 0 spiro atoms. The molecular weight excluding hydrogens is 388 g/mol. The number of unbranched alkanes of at least 4 members (excludes halogenated alkanes) is 1. The van der Waals surface area contributed by atoms with Gasteiger partial charge in [0.15, 0.2) is 0 Å². The van der Waals surface area contributed by atoms with Crippen LogP contribution in [0.25, 0.3) is 10.8 Å². The van der Waals surface area contributed by atoms with E-state index in [-0.39, 0.29) is 0 Å². The highest BCUT2D eigenvalue weighted by atomic mass is 32.1. The summed E-state index contributed by atoms with van der Waals surface area (Å²) in [5.41, 5.74) is 3.00. The highest BCUT2D eigenvalue weighted by molar-refractivity contribution is 7.80. The van der Waals surface area contributed by atoms with E-state index in [2.05, 4.69) is 77.3 Å². The van der Waals surface area contributed by atoms with Crippen molar-refractivity contribution in [2.75, 3.05) is 26.2 Å². The summed E-state index contributed by atoms with van der Waals surface area (Å²) in [5, 5.41) is 6.99. The zero-order valence-electron chi connectivity index (χ0n) is 17.5. The van der Waals surface area contributed by atoms with Crippen LogP contribution in [0, 0.1) is 0 Å². The van der Waals surface area contributed by atoms with Crippen molar-refractivity contribution in [2.24, 2.45) is 5.16 Å². The molecule has 0 atom stereocenters. The summed E-state index contributed by atoms with van der Waals surface area (Å²) in [4.78, 5) is 9.34. The molecule has 1 aliphatic rings. The third kappa shape index (κ3) is 5.44. The molecule has 1 fully saturated rings. The van der Waals surface area contributed by atoms with Gasteiger partial charge in [-0.1, -0.05) is 66.2 Å². The number of fused-ring (bicyclic) bond motifs is 1. The van der Waals surface area contributed by atoms with Gasteiger partial charge >= 0.3 is 0 Å². The van der Waals surface area contributed by atoms with Gasteiger partial charge in [0.2, 0.25) is 0 Å². The van der Waals surface area contributed by atoms with Crippen LogP contribution in [0.1, 0.15) is 43.2 Å². The van der Waals surface area contributed by atoms with E-state index < -0.39 is 0 Å². The maximum Gasteiger partial charge on any atom is 0.117 e. The Morgan fingerprint density at radius 1 is 0.867 bits per heavy atom. The number of nitrogens with zero attached hydrogens (tertiary/aromatic N) is 2. The molecule has 3 aromatic rings. The third-order valence-electron chi connectivity index (χ3n) is 5.75. The Morgan fingerprint density at radius 3 is 2.47 bits per heavy atom. The molecule has 30 heavy (non-hydrogen) atoms. The second-order valence-corrected chi connectivity index (χ2v) is 8.47. The number of piperidine rings is 1. The minimum Gasteiger partial charge on any atom is -0.395 e. The first-order valence-electron chi connectivity index (χ1n) is 11.0. The lowest BCUT2D eigenvalue weighted by Gasteiger charge is -2.26. The van der Waals surface area contributed by atoms with Crippen LogP contribution in [0.5, 0.6) is 0 Å². The molecular formula is C26H30N2OS. The Balaban J connectivity index is 1.47. The second-order valence-electron chi connectivity index (χ2n) is 7.96. The van der Waals surface area contributed by atoms with Gasteiger partial charge in [0, 0.05) is 16.0 Å². The first-order chi connectivity index (χ1) is 14.8. The van der Waals surface area contributed by atoms with E-state index in [1.165, 1.54) is 49.7 Å². The van der Waals surface area contributed by atoms with E-state index in [0.29, 0.717) is 6.61 Å². The molecule has 4 rings (SSSR count). The monoisotopic (exact) mass is 418 g/mol. The molecule has 0 saturated carbocycles. The molecule has 0 amide bonds. The number of benzene rings is 3. The van der Waals surface area contributed by atoms with E-state index in [1.54, 1.807) is 0 Å². The Labute approximate surface area is 185 Å². The van der Waals surface area contributed by atoms with Crippen LogP contribution in [-0.2, 0) is 4.84 Å². The van der Waals surface area contributed by atoms with Crippen molar-refractivity contribution < 1.29 is 4.84 Å². The lowest BCUT2D eigenvalue weighted by Crippen LogP contribution is -2.30. The standard InChI is InChI=1S/C26H30N2OS/c30-23-15-13-22(14-16-23)26(25-12-8-10-21-9-2-3-11-24(21)25)27-29-20-7-6-19-28-17-4-1-5-18-28/h2-3,8-16,30H,1,4-7,17-20H2/b27-26-. The summed E-state index contributed by atoms with van der Waals surface area (Å²) in [6.07, 6.45) is 6.27. The number of hydrogen-bond acceptors (Lipinski definition) is 4. The van der Waals surface area contributed by atoms with Gasteiger partial charge in [0.05, 0.1) is 0 Å². The van der Waals surface area contributed by atoms with Crippen LogP contribution in [0.15, 0.2) is 76.8 Å². The van der Waals surface area contributed by atoms with Crippen LogP contribution < -0.4 is 0 Å². The van der Waals surface area contributed by atoms with Crippen LogP contribution in [-0.4, -0.2) is 36.9 Å². The van der Waals surface area contributed by atoms with Crippen molar-refractivity contribution >= 4 is 29.1 Å². The molecule has 4 heteroatoms. The molecule has 156 valence electrons. The predicted molar refractivity (Wildman–Crippen MR) is 129 cm³/mol. The van der Waals surface area contributed by atoms with Crippen molar-refractivity contribution in [3.63, 3.8) is 0 Å². The van der Waals surface area contributed by atoms with Gasteiger partial charge in [-0.3, -0.25) is 0 Å². The van der Waals surface area contributed by atoms with Crippen LogP contribution >= 0.6 is 12.6 Å². The molecule has 1 aliphatic heterocycles. The summed E-state index contributed by atoms with van der Waals surface area (Å²) >= 11 is 4.42. The highest BCUT2D eigenvalue weighted by Crippen LogP contribution is 2.23.